The molecule has 5 nitrogen and oxygen atoms in total. The van der Waals surface area contributed by atoms with Crippen LogP contribution in [0.5, 0.6) is 0 Å². The highest BCUT2D eigenvalue weighted by molar-refractivity contribution is 6.11. The highest BCUT2D eigenvalue weighted by atomic mass is 16.1. The van der Waals surface area contributed by atoms with Gasteiger partial charge in [-0.2, -0.15) is 0 Å². The summed E-state index contributed by atoms with van der Waals surface area (Å²) in [6.45, 7) is 11.9. The van der Waals surface area contributed by atoms with Gasteiger partial charge in [-0.25, -0.2) is 9.97 Å². The van der Waals surface area contributed by atoms with E-state index in [9.17, 15) is 4.79 Å². The minimum absolute atomic E-state index is 0.0866. The summed E-state index contributed by atoms with van der Waals surface area (Å²) in [4.78, 5) is 23.2. The van der Waals surface area contributed by atoms with Crippen LogP contribution in [0.3, 0.4) is 0 Å². The van der Waals surface area contributed by atoms with E-state index in [2.05, 4.69) is 57.5 Å². The predicted octanol–water partition coefficient (Wildman–Crippen LogP) is 5.10. The molecule has 0 bridgehead atoms. The highest BCUT2D eigenvalue weighted by Crippen LogP contribution is 2.33. The van der Waals surface area contributed by atoms with Gasteiger partial charge in [-0.05, 0) is 63.3 Å². The monoisotopic (exact) mass is 400 g/mol. The second-order valence-electron chi connectivity index (χ2n) is 7.69. The molecule has 154 valence electrons. The molecule has 0 aliphatic carbocycles. The number of carbonyl (C=O) groups is 1. The number of fused-ring (bicyclic) bond motifs is 3. The first-order chi connectivity index (χ1) is 14.5. The minimum Gasteiger partial charge on any atom is -0.339 e. The Morgan fingerprint density at radius 2 is 1.70 bits per heavy atom. The molecule has 0 aliphatic heterocycles. The maximum Gasteiger partial charge on any atom is 0.159 e. The molecular formula is C25H28N4O. The Kier molecular flexibility index (Phi) is 5.64. The van der Waals surface area contributed by atoms with Gasteiger partial charge in [0.2, 0.25) is 0 Å². The summed E-state index contributed by atoms with van der Waals surface area (Å²) in [5.74, 6) is 0.844. The van der Waals surface area contributed by atoms with Gasteiger partial charge in [0, 0.05) is 52.2 Å². The Bertz CT molecular complexity index is 1220. The van der Waals surface area contributed by atoms with Crippen molar-refractivity contribution in [2.24, 2.45) is 0 Å². The first-order valence-electron chi connectivity index (χ1n) is 10.6. The molecule has 0 N–H and O–H groups in total. The van der Waals surface area contributed by atoms with Crippen LogP contribution in [0, 0.1) is 6.92 Å². The molecule has 2 heterocycles. The summed E-state index contributed by atoms with van der Waals surface area (Å²) in [7, 11) is 0. The summed E-state index contributed by atoms with van der Waals surface area (Å²) >= 11 is 0. The van der Waals surface area contributed by atoms with Crippen LogP contribution in [0.15, 0.2) is 48.7 Å². The van der Waals surface area contributed by atoms with Crippen LogP contribution in [0.25, 0.3) is 33.1 Å². The number of aryl methyl sites for hydroxylation is 1. The Hall–Kier alpha value is -3.05. The van der Waals surface area contributed by atoms with E-state index in [1.54, 1.807) is 13.1 Å². The first-order valence-corrected chi connectivity index (χ1v) is 10.6. The number of Topliss-reactive ketones (excluding diaryl/α,β-unsaturated/α-hetero) is 1. The SMILES string of the molecule is CCN(CC)CCn1c2ccc(C(C)=O)cc2c2cc(-c3ccnc(C)n3)ccc21. The Morgan fingerprint density at radius 1 is 1.00 bits per heavy atom. The molecule has 30 heavy (non-hydrogen) atoms. The second-order valence-corrected chi connectivity index (χ2v) is 7.69. The molecule has 0 unspecified atom stereocenters. The minimum atomic E-state index is 0.0866. The van der Waals surface area contributed by atoms with Crippen molar-refractivity contribution in [3.63, 3.8) is 0 Å². The number of hydrogen-bond donors (Lipinski definition) is 0. The van der Waals surface area contributed by atoms with Gasteiger partial charge < -0.3 is 9.47 Å². The van der Waals surface area contributed by atoms with E-state index >= 15 is 0 Å². The third kappa shape index (κ3) is 3.73. The predicted molar refractivity (Wildman–Crippen MR) is 123 cm³/mol. The standard InChI is InChI=1S/C25H28N4O/c1-5-28(6-2)13-14-29-24-9-7-19(17(3)30)15-21(24)22-16-20(8-10-25(22)29)23-11-12-26-18(4)27-23/h7-12,15-16H,5-6,13-14H2,1-4H3. The van der Waals surface area contributed by atoms with Gasteiger partial charge >= 0.3 is 0 Å². The Morgan fingerprint density at radius 3 is 2.37 bits per heavy atom. The van der Waals surface area contributed by atoms with Crippen LogP contribution >= 0.6 is 0 Å². The number of ketones is 1. The first kappa shape index (κ1) is 20.2. The average molecular weight is 401 g/mol. The lowest BCUT2D eigenvalue weighted by Gasteiger charge is -2.19. The third-order valence-electron chi connectivity index (χ3n) is 5.88. The van der Waals surface area contributed by atoms with E-state index in [0.717, 1.165) is 65.1 Å². The molecule has 0 saturated carbocycles. The van der Waals surface area contributed by atoms with Gasteiger partial charge in [0.25, 0.3) is 0 Å². The van der Waals surface area contributed by atoms with Crippen molar-refractivity contribution in [2.75, 3.05) is 19.6 Å². The molecule has 4 rings (SSSR count). The van der Waals surface area contributed by atoms with E-state index in [-0.39, 0.29) is 5.78 Å². The lowest BCUT2D eigenvalue weighted by atomic mass is 10.0. The van der Waals surface area contributed by atoms with Crippen LogP contribution in [0.4, 0.5) is 0 Å². The lowest BCUT2D eigenvalue weighted by molar-refractivity contribution is 0.101. The van der Waals surface area contributed by atoms with Crippen molar-refractivity contribution >= 4 is 27.6 Å². The number of aromatic nitrogens is 3. The molecular weight excluding hydrogens is 372 g/mol. The zero-order valence-corrected chi connectivity index (χ0v) is 18.1. The van der Waals surface area contributed by atoms with E-state index in [4.69, 9.17) is 0 Å². The molecule has 0 saturated heterocycles. The quantitative estimate of drug-likeness (QED) is 0.405. The van der Waals surface area contributed by atoms with Crippen molar-refractivity contribution in [1.82, 2.24) is 19.4 Å². The molecule has 0 fully saturated rings. The van der Waals surface area contributed by atoms with Gasteiger partial charge in [0.05, 0.1) is 5.69 Å². The maximum absolute atomic E-state index is 12.0. The van der Waals surface area contributed by atoms with E-state index in [0.29, 0.717) is 0 Å². The van der Waals surface area contributed by atoms with Crippen molar-refractivity contribution in [3.05, 3.63) is 60.0 Å². The van der Waals surface area contributed by atoms with Crippen molar-refractivity contribution < 1.29 is 4.79 Å². The zero-order chi connectivity index (χ0) is 21.3. The normalized spacial score (nSPS) is 11.6. The second kappa shape index (κ2) is 8.36. The van der Waals surface area contributed by atoms with Crippen LogP contribution in [0.1, 0.15) is 37.0 Å². The third-order valence-corrected chi connectivity index (χ3v) is 5.88. The highest BCUT2D eigenvalue weighted by Gasteiger charge is 2.14. The van der Waals surface area contributed by atoms with Crippen molar-refractivity contribution in [3.8, 4) is 11.3 Å². The molecule has 0 radical (unpaired) electrons. The van der Waals surface area contributed by atoms with E-state index in [1.807, 2.05) is 25.1 Å². The Labute approximate surface area is 177 Å². The van der Waals surface area contributed by atoms with Crippen LogP contribution in [-0.4, -0.2) is 44.9 Å². The van der Waals surface area contributed by atoms with E-state index in [1.165, 1.54) is 5.52 Å². The summed E-state index contributed by atoms with van der Waals surface area (Å²) in [6, 6.07) is 14.5. The molecule has 4 aromatic rings. The number of likely N-dealkylation sites (N-methyl/N-ethyl adjacent to an activating group) is 1. The van der Waals surface area contributed by atoms with Crippen LogP contribution in [-0.2, 0) is 6.54 Å². The summed E-state index contributed by atoms with van der Waals surface area (Å²) in [5, 5.41) is 2.27. The fraction of sp³-hybridized carbons (Fsp3) is 0.320. The largest absolute Gasteiger partial charge is 0.339 e. The number of carbonyl (C=O) groups excluding carboxylic acids is 1. The fourth-order valence-electron chi connectivity index (χ4n) is 4.12. The smallest absolute Gasteiger partial charge is 0.159 e. The molecule has 0 amide bonds. The van der Waals surface area contributed by atoms with Crippen LogP contribution < -0.4 is 0 Å². The molecule has 2 aromatic heterocycles. The molecule has 0 atom stereocenters. The summed E-state index contributed by atoms with van der Waals surface area (Å²) in [5.41, 5.74) is 5.07. The van der Waals surface area contributed by atoms with E-state index < -0.39 is 0 Å². The number of rotatable bonds is 7. The summed E-state index contributed by atoms with van der Waals surface area (Å²) < 4.78 is 2.38. The van der Waals surface area contributed by atoms with Gasteiger partial charge in [0.15, 0.2) is 5.78 Å². The molecule has 2 aromatic carbocycles. The number of hydrogen-bond acceptors (Lipinski definition) is 4. The fourth-order valence-corrected chi connectivity index (χ4v) is 4.12. The van der Waals surface area contributed by atoms with Gasteiger partial charge in [0.1, 0.15) is 5.82 Å². The van der Waals surface area contributed by atoms with Gasteiger partial charge in [-0.15, -0.1) is 0 Å². The van der Waals surface area contributed by atoms with Gasteiger partial charge in [-0.3, -0.25) is 4.79 Å². The number of nitrogens with zero attached hydrogens (tertiary/aromatic N) is 4. The average Bonchev–Trinajstić information content (AvgIpc) is 3.07. The zero-order valence-electron chi connectivity index (χ0n) is 18.1. The summed E-state index contributed by atoms with van der Waals surface area (Å²) in [6.07, 6.45) is 1.79. The topological polar surface area (TPSA) is 51.0 Å². The molecule has 0 aliphatic rings. The van der Waals surface area contributed by atoms with Crippen LogP contribution in [0.2, 0.25) is 0 Å². The van der Waals surface area contributed by atoms with Gasteiger partial charge in [-0.1, -0.05) is 19.9 Å². The van der Waals surface area contributed by atoms with Crippen molar-refractivity contribution in [2.45, 2.75) is 34.2 Å². The molecule has 5 heteroatoms. The lowest BCUT2D eigenvalue weighted by Crippen LogP contribution is -2.26. The Balaban J connectivity index is 1.90. The van der Waals surface area contributed by atoms with Crippen molar-refractivity contribution in [1.29, 1.82) is 0 Å². The number of benzene rings is 2. The molecule has 0 spiro atoms. The maximum atomic E-state index is 12.0.